The summed E-state index contributed by atoms with van der Waals surface area (Å²) in [7, 11) is 1.33. The number of hydroxylamine groups is 1. The van der Waals surface area contributed by atoms with Gasteiger partial charge in [0, 0.05) is 11.0 Å². The fraction of sp³-hybridized carbons (Fsp3) is 0.222. The summed E-state index contributed by atoms with van der Waals surface area (Å²) in [5.74, 6) is -0.380. The maximum absolute atomic E-state index is 11.1. The standard InChI is InChI=1S/C9H10BrNO3/c1-14-9(12)6-2-3-7(5-11-13)8(10)4-6/h2-4,11,13H,5H2,1H3. The molecule has 76 valence electrons. The SMILES string of the molecule is COC(=O)c1ccc(CNO)c(Br)c1. The van der Waals surface area contributed by atoms with Crippen LogP contribution in [0.4, 0.5) is 0 Å². The molecule has 1 aromatic rings. The van der Waals surface area contributed by atoms with Crippen molar-refractivity contribution in [2.24, 2.45) is 0 Å². The maximum Gasteiger partial charge on any atom is 0.337 e. The van der Waals surface area contributed by atoms with Gasteiger partial charge in [0.05, 0.1) is 12.7 Å². The average molecular weight is 260 g/mol. The molecule has 0 heterocycles. The van der Waals surface area contributed by atoms with Gasteiger partial charge in [-0.15, -0.1) is 0 Å². The predicted molar refractivity (Wildman–Crippen MR) is 54.1 cm³/mol. The van der Waals surface area contributed by atoms with E-state index in [9.17, 15) is 4.79 Å². The second-order valence-electron chi connectivity index (χ2n) is 2.63. The van der Waals surface area contributed by atoms with E-state index in [1.807, 2.05) is 5.48 Å². The van der Waals surface area contributed by atoms with Crippen molar-refractivity contribution in [3.8, 4) is 0 Å². The number of esters is 1. The van der Waals surface area contributed by atoms with Crippen LogP contribution in [0.1, 0.15) is 15.9 Å². The van der Waals surface area contributed by atoms with Crippen LogP contribution in [-0.4, -0.2) is 18.3 Å². The Morgan fingerprint density at radius 2 is 2.36 bits per heavy atom. The lowest BCUT2D eigenvalue weighted by Gasteiger charge is -2.05. The molecule has 2 N–H and O–H groups in total. The lowest BCUT2D eigenvalue weighted by Crippen LogP contribution is -2.08. The van der Waals surface area contributed by atoms with Gasteiger partial charge in [0.1, 0.15) is 0 Å². The van der Waals surface area contributed by atoms with Crippen LogP contribution >= 0.6 is 15.9 Å². The number of methoxy groups -OCH3 is 1. The minimum absolute atomic E-state index is 0.321. The van der Waals surface area contributed by atoms with Crippen LogP contribution in [0.5, 0.6) is 0 Å². The van der Waals surface area contributed by atoms with Crippen molar-refractivity contribution >= 4 is 21.9 Å². The number of carbonyl (C=O) groups is 1. The first-order chi connectivity index (χ1) is 6.69. The van der Waals surface area contributed by atoms with Gasteiger partial charge in [0.25, 0.3) is 0 Å². The molecule has 0 atom stereocenters. The summed E-state index contributed by atoms with van der Waals surface area (Å²) < 4.78 is 5.32. The van der Waals surface area contributed by atoms with Crippen LogP contribution in [0.25, 0.3) is 0 Å². The van der Waals surface area contributed by atoms with Crippen LogP contribution in [0, 0.1) is 0 Å². The van der Waals surface area contributed by atoms with Gasteiger partial charge in [-0.1, -0.05) is 22.0 Å². The van der Waals surface area contributed by atoms with Gasteiger partial charge < -0.3 is 9.94 Å². The first kappa shape index (κ1) is 11.2. The van der Waals surface area contributed by atoms with Crippen LogP contribution in [0.3, 0.4) is 0 Å². The summed E-state index contributed by atoms with van der Waals surface area (Å²) in [5, 5.41) is 8.51. The minimum atomic E-state index is -0.380. The van der Waals surface area contributed by atoms with Crippen LogP contribution in [0.2, 0.25) is 0 Å². The Bertz CT molecular complexity index is 341. The normalized spacial score (nSPS) is 9.93. The number of hydrogen-bond donors (Lipinski definition) is 2. The van der Waals surface area contributed by atoms with E-state index in [1.54, 1.807) is 18.2 Å². The third-order valence-electron chi connectivity index (χ3n) is 1.74. The molecular weight excluding hydrogens is 250 g/mol. The Morgan fingerprint density at radius 1 is 1.64 bits per heavy atom. The van der Waals surface area contributed by atoms with Gasteiger partial charge in [-0.25, -0.2) is 10.3 Å². The number of benzene rings is 1. The molecule has 0 unspecified atom stereocenters. The molecule has 1 rings (SSSR count). The molecular formula is C9H10BrNO3. The van der Waals surface area contributed by atoms with Gasteiger partial charge in [-0.3, -0.25) is 0 Å². The molecule has 14 heavy (non-hydrogen) atoms. The summed E-state index contributed by atoms with van der Waals surface area (Å²) in [5.41, 5.74) is 3.38. The van der Waals surface area contributed by atoms with Crippen molar-refractivity contribution < 1.29 is 14.7 Å². The van der Waals surface area contributed by atoms with Crippen LogP contribution < -0.4 is 5.48 Å². The average Bonchev–Trinajstić information content (AvgIpc) is 2.20. The van der Waals surface area contributed by atoms with E-state index in [4.69, 9.17) is 5.21 Å². The monoisotopic (exact) mass is 259 g/mol. The van der Waals surface area contributed by atoms with Crippen molar-refractivity contribution in [3.63, 3.8) is 0 Å². The molecule has 0 amide bonds. The summed E-state index contributed by atoms with van der Waals surface area (Å²) in [4.78, 5) is 11.1. The minimum Gasteiger partial charge on any atom is -0.465 e. The second-order valence-corrected chi connectivity index (χ2v) is 3.49. The number of nitrogens with one attached hydrogen (secondary N) is 1. The van der Waals surface area contributed by atoms with Gasteiger partial charge in [0.2, 0.25) is 0 Å². The third kappa shape index (κ3) is 2.54. The third-order valence-corrected chi connectivity index (χ3v) is 2.48. The first-order valence-corrected chi connectivity index (χ1v) is 4.72. The molecule has 0 aliphatic heterocycles. The number of halogens is 1. The van der Waals surface area contributed by atoms with Crippen molar-refractivity contribution in [2.45, 2.75) is 6.54 Å². The number of ether oxygens (including phenoxy) is 1. The van der Waals surface area contributed by atoms with Crippen molar-refractivity contribution in [1.82, 2.24) is 5.48 Å². The van der Waals surface area contributed by atoms with E-state index in [0.29, 0.717) is 12.1 Å². The maximum atomic E-state index is 11.1. The summed E-state index contributed by atoms with van der Waals surface area (Å²) >= 11 is 3.29. The highest BCUT2D eigenvalue weighted by Gasteiger charge is 2.07. The molecule has 0 aliphatic carbocycles. The Balaban J connectivity index is 2.94. The molecule has 0 saturated heterocycles. The molecule has 5 heteroatoms. The molecule has 1 aromatic carbocycles. The van der Waals surface area contributed by atoms with E-state index in [2.05, 4.69) is 20.7 Å². The molecule has 4 nitrogen and oxygen atoms in total. The van der Waals surface area contributed by atoms with Crippen LogP contribution in [-0.2, 0) is 11.3 Å². The van der Waals surface area contributed by atoms with Gasteiger partial charge in [-0.2, -0.15) is 0 Å². The van der Waals surface area contributed by atoms with Crippen molar-refractivity contribution in [3.05, 3.63) is 33.8 Å². The Morgan fingerprint density at radius 3 is 2.86 bits per heavy atom. The molecule has 0 aromatic heterocycles. The Hall–Kier alpha value is -0.910. The number of carbonyl (C=O) groups excluding carboxylic acids is 1. The fourth-order valence-corrected chi connectivity index (χ4v) is 1.54. The quantitative estimate of drug-likeness (QED) is 0.641. The molecule has 0 radical (unpaired) electrons. The number of rotatable bonds is 3. The van der Waals surface area contributed by atoms with Crippen LogP contribution in [0.15, 0.2) is 22.7 Å². The Labute approximate surface area is 90.0 Å². The molecule has 0 bridgehead atoms. The zero-order valence-corrected chi connectivity index (χ0v) is 9.17. The second kappa shape index (κ2) is 5.09. The smallest absolute Gasteiger partial charge is 0.337 e. The highest BCUT2D eigenvalue weighted by Crippen LogP contribution is 2.18. The lowest BCUT2D eigenvalue weighted by atomic mass is 10.1. The van der Waals surface area contributed by atoms with Gasteiger partial charge >= 0.3 is 5.97 Å². The summed E-state index contributed by atoms with van der Waals surface area (Å²) in [6.07, 6.45) is 0. The summed E-state index contributed by atoms with van der Waals surface area (Å²) in [6.45, 7) is 0.321. The zero-order valence-electron chi connectivity index (χ0n) is 7.58. The Kier molecular flexibility index (Phi) is 4.06. The largest absolute Gasteiger partial charge is 0.465 e. The van der Waals surface area contributed by atoms with Crippen molar-refractivity contribution in [2.75, 3.05) is 7.11 Å². The molecule has 0 fully saturated rings. The topological polar surface area (TPSA) is 58.6 Å². The first-order valence-electron chi connectivity index (χ1n) is 3.92. The van der Waals surface area contributed by atoms with E-state index in [0.717, 1.165) is 10.0 Å². The molecule has 0 spiro atoms. The highest BCUT2D eigenvalue weighted by atomic mass is 79.9. The molecule has 0 saturated carbocycles. The van der Waals surface area contributed by atoms with E-state index < -0.39 is 0 Å². The summed E-state index contributed by atoms with van der Waals surface area (Å²) in [6, 6.07) is 5.03. The van der Waals surface area contributed by atoms with E-state index in [-0.39, 0.29) is 5.97 Å². The fourth-order valence-electron chi connectivity index (χ4n) is 1.02. The van der Waals surface area contributed by atoms with Crippen molar-refractivity contribution in [1.29, 1.82) is 0 Å². The predicted octanol–water partition coefficient (Wildman–Crippen LogP) is 1.71. The zero-order chi connectivity index (χ0) is 10.6. The van der Waals surface area contributed by atoms with Gasteiger partial charge in [0.15, 0.2) is 0 Å². The van der Waals surface area contributed by atoms with Gasteiger partial charge in [-0.05, 0) is 17.7 Å². The highest BCUT2D eigenvalue weighted by molar-refractivity contribution is 9.10. The number of hydrogen-bond acceptors (Lipinski definition) is 4. The van der Waals surface area contributed by atoms with E-state index in [1.165, 1.54) is 7.11 Å². The van der Waals surface area contributed by atoms with E-state index >= 15 is 0 Å². The molecule has 0 aliphatic rings. The lowest BCUT2D eigenvalue weighted by molar-refractivity contribution is 0.0600.